The number of nitrogens with one attached hydrogen (secondary N) is 2. The lowest BCUT2D eigenvalue weighted by atomic mass is 9.87. The van der Waals surface area contributed by atoms with Gasteiger partial charge in [0, 0.05) is 6.54 Å². The Bertz CT molecular complexity index is 516. The predicted octanol–water partition coefficient (Wildman–Crippen LogP) is 2.51. The first kappa shape index (κ1) is 16.5. The second-order valence-corrected chi connectivity index (χ2v) is 5.11. The van der Waals surface area contributed by atoms with E-state index in [1.54, 1.807) is 0 Å². The molecule has 2 atom stereocenters. The number of amides is 1. The van der Waals surface area contributed by atoms with E-state index in [0.29, 0.717) is 18.5 Å². The largest absolute Gasteiger partial charge is 0.573 e. The van der Waals surface area contributed by atoms with Crippen LogP contribution in [0.15, 0.2) is 18.2 Å². The van der Waals surface area contributed by atoms with Crippen LogP contribution in [0.25, 0.3) is 0 Å². The van der Waals surface area contributed by atoms with E-state index >= 15 is 0 Å². The van der Waals surface area contributed by atoms with Gasteiger partial charge in [-0.15, -0.1) is 13.2 Å². The molecule has 4 nitrogen and oxygen atoms in total. The van der Waals surface area contributed by atoms with Crippen molar-refractivity contribution in [2.75, 3.05) is 13.1 Å². The van der Waals surface area contributed by atoms with E-state index in [9.17, 15) is 22.4 Å². The molecular weight excluding hydrogens is 304 g/mol. The monoisotopic (exact) mass is 320 g/mol. The zero-order valence-electron chi connectivity index (χ0n) is 11.6. The standard InChI is InChI=1S/C14H16F4N2O2/c15-11-6-9(3-4-12(11)22-14(16,17)18)13(20-8-21)10-2-1-5-19-7-10/h3-4,6,8,10,13,19H,1-2,5,7H2,(H,20,21)/t10-,13-/m0/s1. The molecule has 0 bridgehead atoms. The topological polar surface area (TPSA) is 50.4 Å². The molecule has 122 valence electrons. The minimum absolute atomic E-state index is 0.0488. The van der Waals surface area contributed by atoms with Crippen LogP contribution in [0.3, 0.4) is 0 Å². The van der Waals surface area contributed by atoms with Gasteiger partial charge in [0.05, 0.1) is 6.04 Å². The zero-order valence-corrected chi connectivity index (χ0v) is 11.6. The Morgan fingerprint density at radius 1 is 1.41 bits per heavy atom. The van der Waals surface area contributed by atoms with E-state index in [1.165, 1.54) is 6.07 Å². The second kappa shape index (κ2) is 6.95. The summed E-state index contributed by atoms with van der Waals surface area (Å²) in [5.74, 6) is -1.95. The Kier molecular flexibility index (Phi) is 5.23. The van der Waals surface area contributed by atoms with Crippen LogP contribution >= 0.6 is 0 Å². The Morgan fingerprint density at radius 3 is 2.73 bits per heavy atom. The molecule has 0 saturated carbocycles. The van der Waals surface area contributed by atoms with E-state index < -0.39 is 24.0 Å². The number of carbonyl (C=O) groups is 1. The molecule has 1 aliphatic heterocycles. The summed E-state index contributed by atoms with van der Waals surface area (Å²) in [5, 5.41) is 5.79. The van der Waals surface area contributed by atoms with Gasteiger partial charge in [-0.1, -0.05) is 6.07 Å². The van der Waals surface area contributed by atoms with Crippen molar-refractivity contribution in [1.82, 2.24) is 10.6 Å². The molecular formula is C14H16F4N2O2. The van der Waals surface area contributed by atoms with Crippen molar-refractivity contribution >= 4 is 6.41 Å². The fourth-order valence-electron chi connectivity index (χ4n) is 2.66. The maximum absolute atomic E-state index is 13.8. The number of benzene rings is 1. The van der Waals surface area contributed by atoms with Gasteiger partial charge in [0.25, 0.3) is 0 Å². The van der Waals surface area contributed by atoms with Crippen LogP contribution in [-0.2, 0) is 4.79 Å². The summed E-state index contributed by atoms with van der Waals surface area (Å²) in [7, 11) is 0. The molecule has 0 unspecified atom stereocenters. The molecule has 1 amide bonds. The van der Waals surface area contributed by atoms with Gasteiger partial charge in [-0.25, -0.2) is 4.39 Å². The molecule has 1 fully saturated rings. The molecule has 1 aliphatic rings. The first-order valence-electron chi connectivity index (χ1n) is 6.86. The highest BCUT2D eigenvalue weighted by molar-refractivity contribution is 5.48. The summed E-state index contributed by atoms with van der Waals surface area (Å²) in [4.78, 5) is 10.8. The Morgan fingerprint density at radius 2 is 2.18 bits per heavy atom. The third-order valence-electron chi connectivity index (χ3n) is 3.59. The van der Waals surface area contributed by atoms with Crippen molar-refractivity contribution in [2.45, 2.75) is 25.2 Å². The lowest BCUT2D eigenvalue weighted by Crippen LogP contribution is -2.38. The Balaban J connectivity index is 2.21. The molecule has 0 spiro atoms. The molecule has 0 radical (unpaired) electrons. The minimum Gasteiger partial charge on any atom is -0.403 e. The Labute approximate surface area is 124 Å². The van der Waals surface area contributed by atoms with Gasteiger partial charge in [0.2, 0.25) is 6.41 Å². The first-order valence-corrected chi connectivity index (χ1v) is 6.86. The summed E-state index contributed by atoms with van der Waals surface area (Å²) in [6.07, 6.45) is -2.69. The van der Waals surface area contributed by atoms with Crippen molar-refractivity contribution in [2.24, 2.45) is 5.92 Å². The van der Waals surface area contributed by atoms with Crippen molar-refractivity contribution in [1.29, 1.82) is 0 Å². The maximum atomic E-state index is 13.8. The molecule has 1 heterocycles. The molecule has 2 N–H and O–H groups in total. The number of alkyl halides is 3. The average Bonchev–Trinajstić information content (AvgIpc) is 2.47. The van der Waals surface area contributed by atoms with Crippen LogP contribution in [0.2, 0.25) is 0 Å². The lowest BCUT2D eigenvalue weighted by molar-refractivity contribution is -0.275. The number of hydrogen-bond acceptors (Lipinski definition) is 3. The van der Waals surface area contributed by atoms with Crippen molar-refractivity contribution in [3.63, 3.8) is 0 Å². The van der Waals surface area contributed by atoms with Crippen LogP contribution in [0.1, 0.15) is 24.4 Å². The van der Waals surface area contributed by atoms with Crippen LogP contribution in [0.4, 0.5) is 17.6 Å². The van der Waals surface area contributed by atoms with Crippen molar-refractivity contribution in [3.05, 3.63) is 29.6 Å². The molecule has 22 heavy (non-hydrogen) atoms. The van der Waals surface area contributed by atoms with Gasteiger partial charge in [0.1, 0.15) is 0 Å². The van der Waals surface area contributed by atoms with Crippen LogP contribution in [0.5, 0.6) is 5.75 Å². The van der Waals surface area contributed by atoms with Gasteiger partial charge < -0.3 is 15.4 Å². The van der Waals surface area contributed by atoms with Gasteiger partial charge in [-0.05, 0) is 43.0 Å². The number of piperidine rings is 1. The highest BCUT2D eigenvalue weighted by atomic mass is 19.4. The van der Waals surface area contributed by atoms with E-state index in [4.69, 9.17) is 0 Å². The number of rotatable bonds is 5. The SMILES string of the molecule is O=CN[C@@H](c1ccc(OC(F)(F)F)c(F)c1)[C@H]1CCCNC1. The highest BCUT2D eigenvalue weighted by Gasteiger charge is 2.33. The summed E-state index contributed by atoms with van der Waals surface area (Å²) >= 11 is 0. The Hall–Kier alpha value is -1.83. The van der Waals surface area contributed by atoms with Crippen molar-refractivity contribution in [3.8, 4) is 5.75 Å². The number of halogens is 4. The highest BCUT2D eigenvalue weighted by Crippen LogP contribution is 2.31. The third kappa shape index (κ3) is 4.33. The molecule has 1 saturated heterocycles. The maximum Gasteiger partial charge on any atom is 0.573 e. The molecule has 1 aromatic rings. The molecule has 2 rings (SSSR count). The molecule has 0 aromatic heterocycles. The van der Waals surface area contributed by atoms with Gasteiger partial charge in [-0.2, -0.15) is 0 Å². The third-order valence-corrected chi connectivity index (χ3v) is 3.59. The normalized spacial score (nSPS) is 20.3. The van der Waals surface area contributed by atoms with Crippen LogP contribution in [0, 0.1) is 11.7 Å². The summed E-state index contributed by atoms with van der Waals surface area (Å²) in [6, 6.07) is 2.77. The zero-order chi connectivity index (χ0) is 16.2. The number of carbonyl (C=O) groups excluding carboxylic acids is 1. The van der Waals surface area contributed by atoms with E-state index in [1.807, 2.05) is 0 Å². The quantitative estimate of drug-likeness (QED) is 0.647. The van der Waals surface area contributed by atoms with Gasteiger partial charge in [-0.3, -0.25) is 4.79 Å². The van der Waals surface area contributed by atoms with Gasteiger partial charge in [0.15, 0.2) is 11.6 Å². The molecule has 1 aromatic carbocycles. The fourth-order valence-corrected chi connectivity index (χ4v) is 2.66. The van der Waals surface area contributed by atoms with E-state index in [2.05, 4.69) is 15.4 Å². The minimum atomic E-state index is -4.95. The average molecular weight is 320 g/mol. The van der Waals surface area contributed by atoms with Crippen molar-refractivity contribution < 1.29 is 27.1 Å². The first-order chi connectivity index (χ1) is 10.4. The van der Waals surface area contributed by atoms with E-state index in [0.717, 1.165) is 31.5 Å². The lowest BCUT2D eigenvalue weighted by Gasteiger charge is -2.30. The second-order valence-electron chi connectivity index (χ2n) is 5.11. The van der Waals surface area contributed by atoms with Crippen LogP contribution in [-0.4, -0.2) is 25.9 Å². The number of hydrogen-bond donors (Lipinski definition) is 2. The van der Waals surface area contributed by atoms with Crippen LogP contribution < -0.4 is 15.4 Å². The van der Waals surface area contributed by atoms with Gasteiger partial charge >= 0.3 is 6.36 Å². The molecule has 8 heteroatoms. The number of ether oxygens (including phenoxy) is 1. The summed E-state index contributed by atoms with van der Waals surface area (Å²) in [5.41, 5.74) is 0.410. The summed E-state index contributed by atoms with van der Waals surface area (Å²) in [6.45, 7) is 1.52. The fraction of sp³-hybridized carbons (Fsp3) is 0.500. The van der Waals surface area contributed by atoms with E-state index in [-0.39, 0.29) is 5.92 Å². The predicted molar refractivity (Wildman–Crippen MR) is 70.6 cm³/mol. The smallest absolute Gasteiger partial charge is 0.403 e. The summed E-state index contributed by atoms with van der Waals surface area (Å²) < 4.78 is 53.8. The molecule has 0 aliphatic carbocycles.